The minimum absolute atomic E-state index is 0. The molecule has 2 N–H and O–H groups in total. The van der Waals surface area contributed by atoms with Gasteiger partial charge in [0.1, 0.15) is 11.5 Å². The van der Waals surface area contributed by atoms with Gasteiger partial charge in [0, 0.05) is 25.9 Å². The highest BCUT2D eigenvalue weighted by Crippen LogP contribution is 2.22. The molecule has 140 valence electrons. The molecule has 3 heterocycles. The largest absolute Gasteiger partial charge is 0.445 e. The Morgan fingerprint density at radius 2 is 2.12 bits per heavy atom. The molecule has 1 aromatic carbocycles. The van der Waals surface area contributed by atoms with E-state index in [1.807, 2.05) is 23.1 Å². The zero-order chi connectivity index (χ0) is 17.2. The highest BCUT2D eigenvalue weighted by Gasteiger charge is 2.33. The van der Waals surface area contributed by atoms with E-state index >= 15 is 0 Å². The third kappa shape index (κ3) is 4.09. The summed E-state index contributed by atoms with van der Waals surface area (Å²) in [6, 6.07) is 10.0. The lowest BCUT2D eigenvalue weighted by molar-refractivity contribution is -0.134. The fourth-order valence-corrected chi connectivity index (χ4v) is 3.57. The van der Waals surface area contributed by atoms with Crippen LogP contribution < -0.4 is 5.32 Å². The van der Waals surface area contributed by atoms with Crippen LogP contribution >= 0.6 is 12.4 Å². The molecule has 0 bridgehead atoms. The Bertz CT molecular complexity index is 750. The molecule has 0 saturated carbocycles. The number of carbonyl (C=O) groups excluding carboxylic acids is 1. The molecule has 1 fully saturated rings. The van der Waals surface area contributed by atoms with Gasteiger partial charge in [0.15, 0.2) is 5.89 Å². The molecule has 1 amide bonds. The number of benzene rings is 1. The van der Waals surface area contributed by atoms with Crippen molar-refractivity contribution in [2.24, 2.45) is 0 Å². The van der Waals surface area contributed by atoms with E-state index in [-0.39, 0.29) is 24.4 Å². The Morgan fingerprint density at radius 1 is 1.31 bits per heavy atom. The minimum Gasteiger partial charge on any atom is -0.445 e. The van der Waals surface area contributed by atoms with Crippen molar-refractivity contribution < 1.29 is 14.3 Å². The highest BCUT2D eigenvalue weighted by atomic mass is 35.5. The van der Waals surface area contributed by atoms with Crippen LogP contribution in [0.5, 0.6) is 0 Å². The smallest absolute Gasteiger partial charge is 0.240 e. The fraction of sp³-hybridized carbons (Fsp3) is 0.474. The van der Waals surface area contributed by atoms with Crippen molar-refractivity contribution in [3.8, 4) is 0 Å². The molecule has 26 heavy (non-hydrogen) atoms. The highest BCUT2D eigenvalue weighted by molar-refractivity contribution is 5.85. The van der Waals surface area contributed by atoms with Gasteiger partial charge in [-0.1, -0.05) is 30.3 Å². The quantitative estimate of drug-likeness (QED) is 0.844. The van der Waals surface area contributed by atoms with Crippen molar-refractivity contribution in [3.63, 3.8) is 0 Å². The Morgan fingerprint density at radius 3 is 2.85 bits per heavy atom. The van der Waals surface area contributed by atoms with E-state index in [1.165, 1.54) is 5.56 Å². The molecule has 0 aliphatic carbocycles. The van der Waals surface area contributed by atoms with Crippen LogP contribution in [0.4, 0.5) is 0 Å². The summed E-state index contributed by atoms with van der Waals surface area (Å²) in [7, 11) is 0. The fourth-order valence-electron chi connectivity index (χ4n) is 3.57. The van der Waals surface area contributed by atoms with Gasteiger partial charge in [-0.3, -0.25) is 4.79 Å². The first-order valence-electron chi connectivity index (χ1n) is 8.90. The summed E-state index contributed by atoms with van der Waals surface area (Å²) >= 11 is 0. The molecule has 2 aromatic rings. The van der Waals surface area contributed by atoms with Gasteiger partial charge in [-0.15, -0.1) is 12.4 Å². The molecule has 0 spiro atoms. The molecular weight excluding hydrogens is 354 g/mol. The standard InChI is InChI=1S/C19H23N3O3.ClH/c23-14-10-15(20-11-14)19(24)22-9-8-17-16(12-22)21-18(25-17)7-6-13-4-2-1-3-5-13;/h1-5,14-15,20,23H,6-12H2;1H/t14-,15+;/m1./s1. The van der Waals surface area contributed by atoms with Crippen molar-refractivity contribution in [1.82, 2.24) is 15.2 Å². The molecule has 0 radical (unpaired) electrons. The number of halogens is 1. The Kier molecular flexibility index (Phi) is 5.96. The molecule has 1 saturated heterocycles. The maximum atomic E-state index is 12.6. The molecule has 0 unspecified atom stereocenters. The molecule has 4 rings (SSSR count). The maximum absolute atomic E-state index is 12.6. The Balaban J connectivity index is 0.00000196. The summed E-state index contributed by atoms with van der Waals surface area (Å²) in [6.45, 7) is 1.63. The van der Waals surface area contributed by atoms with Gasteiger partial charge in [-0.05, 0) is 18.4 Å². The maximum Gasteiger partial charge on any atom is 0.240 e. The number of aliphatic hydroxyl groups excluding tert-OH is 1. The topological polar surface area (TPSA) is 78.6 Å². The van der Waals surface area contributed by atoms with Gasteiger partial charge >= 0.3 is 0 Å². The number of hydrogen-bond donors (Lipinski definition) is 2. The number of rotatable bonds is 4. The first-order chi connectivity index (χ1) is 12.2. The lowest BCUT2D eigenvalue weighted by Gasteiger charge is -2.27. The van der Waals surface area contributed by atoms with Gasteiger partial charge in [-0.25, -0.2) is 4.98 Å². The van der Waals surface area contributed by atoms with Crippen LogP contribution in [0.2, 0.25) is 0 Å². The Labute approximate surface area is 159 Å². The van der Waals surface area contributed by atoms with Gasteiger partial charge in [0.2, 0.25) is 5.91 Å². The van der Waals surface area contributed by atoms with Crippen LogP contribution in [-0.2, 0) is 30.6 Å². The van der Waals surface area contributed by atoms with E-state index in [9.17, 15) is 9.90 Å². The number of nitrogens with zero attached hydrogens (tertiary/aromatic N) is 2. The lowest BCUT2D eigenvalue weighted by atomic mass is 10.1. The molecular formula is C19H24ClN3O3. The van der Waals surface area contributed by atoms with Crippen LogP contribution in [0.3, 0.4) is 0 Å². The van der Waals surface area contributed by atoms with Gasteiger partial charge in [-0.2, -0.15) is 0 Å². The van der Waals surface area contributed by atoms with E-state index in [2.05, 4.69) is 22.4 Å². The second-order valence-electron chi connectivity index (χ2n) is 6.82. The van der Waals surface area contributed by atoms with Gasteiger partial charge in [0.25, 0.3) is 0 Å². The summed E-state index contributed by atoms with van der Waals surface area (Å²) in [5.41, 5.74) is 2.14. The lowest BCUT2D eigenvalue weighted by Crippen LogP contribution is -2.45. The molecule has 2 aliphatic rings. The van der Waals surface area contributed by atoms with E-state index < -0.39 is 6.10 Å². The first kappa shape index (κ1) is 18.9. The summed E-state index contributed by atoms with van der Waals surface area (Å²) in [5, 5.41) is 12.7. The summed E-state index contributed by atoms with van der Waals surface area (Å²) < 4.78 is 5.89. The van der Waals surface area contributed by atoms with Crippen LogP contribution in [0, 0.1) is 0 Å². The first-order valence-corrected chi connectivity index (χ1v) is 8.90. The average Bonchev–Trinajstić information content (AvgIpc) is 3.25. The van der Waals surface area contributed by atoms with Crippen molar-refractivity contribution in [3.05, 3.63) is 53.2 Å². The molecule has 2 aliphatic heterocycles. The van der Waals surface area contributed by atoms with Crippen molar-refractivity contribution in [2.45, 2.75) is 44.4 Å². The molecule has 6 nitrogen and oxygen atoms in total. The SMILES string of the molecule is Cl.O=C([C@@H]1C[C@@H](O)CN1)N1CCc2oc(CCc3ccccc3)nc2C1. The minimum atomic E-state index is -0.425. The number of β-amino-alcohol motifs (C(OH)–C–C–N with tert-alkyl or cyclic N) is 1. The van der Waals surface area contributed by atoms with E-state index in [1.54, 1.807) is 0 Å². The zero-order valence-electron chi connectivity index (χ0n) is 14.6. The molecule has 7 heteroatoms. The third-order valence-corrected chi connectivity index (χ3v) is 4.96. The monoisotopic (exact) mass is 377 g/mol. The second-order valence-corrected chi connectivity index (χ2v) is 6.82. The molecule has 1 aromatic heterocycles. The number of fused-ring (bicyclic) bond motifs is 1. The number of aliphatic hydroxyl groups is 1. The number of nitrogens with one attached hydrogen (secondary N) is 1. The Hall–Kier alpha value is -1.89. The van der Waals surface area contributed by atoms with E-state index in [0.29, 0.717) is 32.5 Å². The summed E-state index contributed by atoms with van der Waals surface area (Å²) in [6.07, 6.45) is 2.43. The predicted molar refractivity (Wildman–Crippen MR) is 99.1 cm³/mol. The number of aryl methyl sites for hydroxylation is 2. The normalized spacial score (nSPS) is 22.0. The summed E-state index contributed by atoms with van der Waals surface area (Å²) in [4.78, 5) is 19.0. The van der Waals surface area contributed by atoms with Crippen molar-refractivity contribution in [1.29, 1.82) is 0 Å². The van der Waals surface area contributed by atoms with Crippen molar-refractivity contribution >= 4 is 18.3 Å². The van der Waals surface area contributed by atoms with Crippen molar-refractivity contribution in [2.75, 3.05) is 13.1 Å². The van der Waals surface area contributed by atoms with Gasteiger partial charge in [0.05, 0.1) is 18.7 Å². The van der Waals surface area contributed by atoms with Gasteiger partial charge < -0.3 is 19.7 Å². The number of oxazole rings is 1. The van der Waals surface area contributed by atoms with Crippen LogP contribution in [0.1, 0.15) is 29.3 Å². The van der Waals surface area contributed by atoms with E-state index in [4.69, 9.17) is 4.42 Å². The second kappa shape index (κ2) is 8.20. The number of hydrogen-bond acceptors (Lipinski definition) is 5. The van der Waals surface area contributed by atoms with E-state index in [0.717, 1.165) is 30.2 Å². The predicted octanol–water partition coefficient (Wildman–Crippen LogP) is 1.49. The van der Waals surface area contributed by atoms with Crippen LogP contribution in [0.25, 0.3) is 0 Å². The van der Waals surface area contributed by atoms with Crippen LogP contribution in [0.15, 0.2) is 34.7 Å². The number of amides is 1. The zero-order valence-corrected chi connectivity index (χ0v) is 15.4. The molecule has 2 atom stereocenters. The average molecular weight is 378 g/mol. The number of carbonyl (C=O) groups is 1. The third-order valence-electron chi connectivity index (χ3n) is 4.96. The number of aromatic nitrogens is 1. The summed E-state index contributed by atoms with van der Waals surface area (Å²) in [5.74, 6) is 1.71. The van der Waals surface area contributed by atoms with Crippen LogP contribution in [-0.4, -0.2) is 46.1 Å².